The van der Waals surface area contributed by atoms with E-state index in [2.05, 4.69) is 16.0 Å². The summed E-state index contributed by atoms with van der Waals surface area (Å²) in [7, 11) is 1.57. The van der Waals surface area contributed by atoms with Gasteiger partial charge in [0.1, 0.15) is 0 Å². The number of nitrogen functional groups attached to an aromatic ring is 1. The maximum absolute atomic E-state index is 11.5. The number of carbonyl (C=O) groups excluding carboxylic acids is 2. The predicted molar refractivity (Wildman–Crippen MR) is 80.6 cm³/mol. The lowest BCUT2D eigenvalue weighted by Gasteiger charge is -2.12. The molecule has 0 saturated carbocycles. The summed E-state index contributed by atoms with van der Waals surface area (Å²) in [6, 6.07) is 5.17. The Morgan fingerprint density at radius 1 is 1.30 bits per heavy atom. The zero-order chi connectivity index (χ0) is 15.1. The van der Waals surface area contributed by atoms with Crippen molar-refractivity contribution in [1.82, 2.24) is 10.6 Å². The Kier molecular flexibility index (Phi) is 5.83. The standard InChI is InChI=1S/C14H22N4O2/c1-9(2)18-13(19)6-7-17-12-5-4-10(8-11(12)15)14(20)16-3/h4-5,8-9,17H,6-7,15H2,1-3H3,(H,16,20)(H,18,19). The molecule has 0 aliphatic heterocycles. The molecule has 1 rings (SSSR count). The van der Waals surface area contributed by atoms with Crippen molar-refractivity contribution in [2.24, 2.45) is 0 Å². The summed E-state index contributed by atoms with van der Waals surface area (Å²) in [4.78, 5) is 22.9. The maximum Gasteiger partial charge on any atom is 0.251 e. The molecule has 5 N–H and O–H groups in total. The number of anilines is 2. The molecule has 110 valence electrons. The third kappa shape index (κ3) is 4.79. The van der Waals surface area contributed by atoms with Crippen LogP contribution in [0.2, 0.25) is 0 Å². The lowest BCUT2D eigenvalue weighted by atomic mass is 10.1. The molecule has 0 aliphatic rings. The first-order valence-corrected chi connectivity index (χ1v) is 6.59. The highest BCUT2D eigenvalue weighted by Crippen LogP contribution is 2.19. The van der Waals surface area contributed by atoms with Gasteiger partial charge in [0.25, 0.3) is 5.91 Å². The number of benzene rings is 1. The molecule has 0 spiro atoms. The van der Waals surface area contributed by atoms with Gasteiger partial charge in [-0.1, -0.05) is 0 Å². The van der Waals surface area contributed by atoms with E-state index >= 15 is 0 Å². The average Bonchev–Trinajstić information content (AvgIpc) is 2.38. The highest BCUT2D eigenvalue weighted by atomic mass is 16.2. The van der Waals surface area contributed by atoms with Gasteiger partial charge in [-0.15, -0.1) is 0 Å². The lowest BCUT2D eigenvalue weighted by Crippen LogP contribution is -2.31. The predicted octanol–water partition coefficient (Wildman–Crippen LogP) is 0.955. The second kappa shape index (κ2) is 7.37. The Hall–Kier alpha value is -2.24. The molecule has 2 amide bonds. The molecule has 6 nitrogen and oxygen atoms in total. The third-order valence-electron chi connectivity index (χ3n) is 2.66. The van der Waals surface area contributed by atoms with E-state index in [0.717, 1.165) is 5.69 Å². The average molecular weight is 278 g/mol. The highest BCUT2D eigenvalue weighted by molar-refractivity contribution is 5.95. The van der Waals surface area contributed by atoms with Crippen LogP contribution in [0.3, 0.4) is 0 Å². The molecule has 20 heavy (non-hydrogen) atoms. The van der Waals surface area contributed by atoms with Crippen LogP contribution in [-0.4, -0.2) is 31.4 Å². The van der Waals surface area contributed by atoms with Crippen LogP contribution in [0, 0.1) is 0 Å². The summed E-state index contributed by atoms with van der Waals surface area (Å²) in [5.74, 6) is -0.187. The van der Waals surface area contributed by atoms with Gasteiger partial charge in [-0.2, -0.15) is 0 Å². The van der Waals surface area contributed by atoms with Gasteiger partial charge in [-0.25, -0.2) is 0 Å². The Labute approximate surface area is 119 Å². The molecule has 0 radical (unpaired) electrons. The second-order valence-electron chi connectivity index (χ2n) is 4.78. The first kappa shape index (κ1) is 15.8. The van der Waals surface area contributed by atoms with E-state index in [1.54, 1.807) is 25.2 Å². The molecule has 0 saturated heterocycles. The molecule has 0 aromatic heterocycles. The number of nitrogens with one attached hydrogen (secondary N) is 3. The lowest BCUT2D eigenvalue weighted by molar-refractivity contribution is -0.121. The van der Waals surface area contributed by atoms with Crippen molar-refractivity contribution >= 4 is 23.2 Å². The first-order chi connectivity index (χ1) is 9.43. The summed E-state index contributed by atoms with van der Waals surface area (Å²) in [5, 5.41) is 8.43. The van der Waals surface area contributed by atoms with Crippen molar-refractivity contribution in [3.63, 3.8) is 0 Å². The van der Waals surface area contributed by atoms with Crippen LogP contribution >= 0.6 is 0 Å². The normalized spacial score (nSPS) is 10.2. The summed E-state index contributed by atoms with van der Waals surface area (Å²) in [6.07, 6.45) is 0.370. The van der Waals surface area contributed by atoms with Gasteiger partial charge in [0, 0.05) is 31.6 Å². The van der Waals surface area contributed by atoms with E-state index in [1.165, 1.54) is 0 Å². The Morgan fingerprint density at radius 3 is 2.55 bits per heavy atom. The highest BCUT2D eigenvalue weighted by Gasteiger charge is 2.07. The molecular formula is C14H22N4O2. The van der Waals surface area contributed by atoms with Crippen molar-refractivity contribution in [3.05, 3.63) is 23.8 Å². The van der Waals surface area contributed by atoms with Crippen LogP contribution in [0.25, 0.3) is 0 Å². The van der Waals surface area contributed by atoms with E-state index in [0.29, 0.717) is 24.2 Å². The van der Waals surface area contributed by atoms with Crippen molar-refractivity contribution in [1.29, 1.82) is 0 Å². The molecule has 1 aromatic carbocycles. The van der Waals surface area contributed by atoms with E-state index in [-0.39, 0.29) is 17.9 Å². The minimum absolute atomic E-state index is 0.00643. The summed E-state index contributed by atoms with van der Waals surface area (Å²) >= 11 is 0. The van der Waals surface area contributed by atoms with Crippen LogP contribution in [0.4, 0.5) is 11.4 Å². The topological polar surface area (TPSA) is 96.2 Å². The van der Waals surface area contributed by atoms with E-state index in [1.807, 2.05) is 13.8 Å². The van der Waals surface area contributed by atoms with Crippen molar-refractivity contribution in [2.45, 2.75) is 26.3 Å². The fourth-order valence-electron chi connectivity index (χ4n) is 1.71. The van der Waals surface area contributed by atoms with Gasteiger partial charge < -0.3 is 21.7 Å². The third-order valence-corrected chi connectivity index (χ3v) is 2.66. The van der Waals surface area contributed by atoms with E-state index in [4.69, 9.17) is 5.73 Å². The Balaban J connectivity index is 2.53. The molecule has 1 aromatic rings. The zero-order valence-electron chi connectivity index (χ0n) is 12.1. The first-order valence-electron chi connectivity index (χ1n) is 6.59. The van der Waals surface area contributed by atoms with Crippen LogP contribution in [0.15, 0.2) is 18.2 Å². The van der Waals surface area contributed by atoms with Gasteiger partial charge in [-0.05, 0) is 32.0 Å². The zero-order valence-corrected chi connectivity index (χ0v) is 12.1. The van der Waals surface area contributed by atoms with Gasteiger partial charge in [0.15, 0.2) is 0 Å². The minimum atomic E-state index is -0.181. The SMILES string of the molecule is CNC(=O)c1ccc(NCCC(=O)NC(C)C)c(N)c1. The molecule has 0 aliphatic carbocycles. The van der Waals surface area contributed by atoms with Crippen molar-refractivity contribution in [2.75, 3.05) is 24.6 Å². The van der Waals surface area contributed by atoms with Crippen molar-refractivity contribution in [3.8, 4) is 0 Å². The molecule has 0 unspecified atom stereocenters. The van der Waals surface area contributed by atoms with E-state index in [9.17, 15) is 9.59 Å². The van der Waals surface area contributed by atoms with Gasteiger partial charge in [-0.3, -0.25) is 9.59 Å². The van der Waals surface area contributed by atoms with Crippen molar-refractivity contribution < 1.29 is 9.59 Å². The fourth-order valence-corrected chi connectivity index (χ4v) is 1.71. The number of hydrogen-bond acceptors (Lipinski definition) is 4. The monoisotopic (exact) mass is 278 g/mol. The number of amides is 2. The van der Waals surface area contributed by atoms with Crippen LogP contribution in [0.5, 0.6) is 0 Å². The molecule has 0 atom stereocenters. The molecule has 0 fully saturated rings. The number of carbonyl (C=O) groups is 2. The largest absolute Gasteiger partial charge is 0.397 e. The van der Waals surface area contributed by atoms with Gasteiger partial charge >= 0.3 is 0 Å². The molecule has 0 heterocycles. The minimum Gasteiger partial charge on any atom is -0.397 e. The molecule has 6 heteroatoms. The summed E-state index contributed by atoms with van der Waals surface area (Å²) in [5.41, 5.74) is 7.58. The number of hydrogen-bond donors (Lipinski definition) is 4. The van der Waals surface area contributed by atoms with Gasteiger partial charge in [0.2, 0.25) is 5.91 Å². The Morgan fingerprint density at radius 2 is 2.00 bits per heavy atom. The molecule has 0 bridgehead atoms. The van der Waals surface area contributed by atoms with Gasteiger partial charge in [0.05, 0.1) is 11.4 Å². The second-order valence-corrected chi connectivity index (χ2v) is 4.78. The smallest absolute Gasteiger partial charge is 0.251 e. The van der Waals surface area contributed by atoms with Crippen LogP contribution in [-0.2, 0) is 4.79 Å². The number of nitrogens with two attached hydrogens (primary N) is 1. The fraction of sp³-hybridized carbons (Fsp3) is 0.429. The van der Waals surface area contributed by atoms with Crippen LogP contribution in [0.1, 0.15) is 30.6 Å². The van der Waals surface area contributed by atoms with Crippen LogP contribution < -0.4 is 21.7 Å². The quantitative estimate of drug-likeness (QED) is 0.583. The molecular weight excluding hydrogens is 256 g/mol. The summed E-state index contributed by atoms with van der Waals surface area (Å²) in [6.45, 7) is 4.32. The van der Waals surface area contributed by atoms with E-state index < -0.39 is 0 Å². The Bertz CT molecular complexity index is 486. The maximum atomic E-state index is 11.5. The number of rotatable bonds is 6. The summed E-state index contributed by atoms with van der Waals surface area (Å²) < 4.78 is 0.